The van der Waals surface area contributed by atoms with Gasteiger partial charge in [-0.2, -0.15) is 0 Å². The van der Waals surface area contributed by atoms with Crippen LogP contribution in [-0.2, 0) is 0 Å². The van der Waals surface area contributed by atoms with Crippen molar-refractivity contribution in [2.75, 3.05) is 10.6 Å². The Balaban J connectivity index is 1.56. The maximum atomic E-state index is 13.6. The van der Waals surface area contributed by atoms with E-state index in [1.54, 1.807) is 42.5 Å². The number of thiocarbonyl (C=S) groups is 1. The highest BCUT2D eigenvalue weighted by atomic mass is 32.1. The summed E-state index contributed by atoms with van der Waals surface area (Å²) >= 11 is 5.06. The molecule has 1 aromatic heterocycles. The Labute approximate surface area is 159 Å². The van der Waals surface area contributed by atoms with Crippen LogP contribution < -0.4 is 16.0 Å². The van der Waals surface area contributed by atoms with Crippen molar-refractivity contribution >= 4 is 40.5 Å². The van der Waals surface area contributed by atoms with Crippen LogP contribution in [0.15, 0.2) is 71.3 Å². The van der Waals surface area contributed by atoms with Gasteiger partial charge in [0.25, 0.3) is 11.8 Å². The van der Waals surface area contributed by atoms with Gasteiger partial charge in [-0.1, -0.05) is 12.1 Å². The Kier molecular flexibility index (Phi) is 5.58. The lowest BCUT2D eigenvalue weighted by Gasteiger charge is -2.11. The molecule has 0 aliphatic heterocycles. The zero-order valence-electron chi connectivity index (χ0n) is 13.9. The van der Waals surface area contributed by atoms with E-state index in [1.165, 1.54) is 24.5 Å². The highest BCUT2D eigenvalue weighted by Gasteiger charge is 2.12. The van der Waals surface area contributed by atoms with Gasteiger partial charge in [-0.15, -0.1) is 0 Å². The van der Waals surface area contributed by atoms with E-state index in [-0.39, 0.29) is 22.3 Å². The number of halogens is 1. The number of nitrogens with one attached hydrogen (secondary N) is 3. The maximum Gasteiger partial charge on any atom is 0.291 e. The number of hydrogen-bond donors (Lipinski definition) is 3. The first-order valence-corrected chi connectivity index (χ1v) is 8.25. The molecule has 2 aromatic carbocycles. The van der Waals surface area contributed by atoms with Crippen molar-refractivity contribution in [3.63, 3.8) is 0 Å². The number of carbonyl (C=O) groups is 2. The van der Waals surface area contributed by atoms with E-state index in [2.05, 4.69) is 16.0 Å². The molecule has 0 aliphatic rings. The summed E-state index contributed by atoms with van der Waals surface area (Å²) < 4.78 is 18.6. The molecule has 2 amide bonds. The molecule has 27 heavy (non-hydrogen) atoms. The van der Waals surface area contributed by atoms with E-state index < -0.39 is 11.7 Å². The predicted octanol–water partition coefficient (Wildman–Crippen LogP) is 3.80. The third kappa shape index (κ3) is 4.77. The largest absolute Gasteiger partial charge is 0.459 e. The second-order valence-corrected chi connectivity index (χ2v) is 5.81. The van der Waals surface area contributed by atoms with Crippen molar-refractivity contribution in [1.29, 1.82) is 0 Å². The molecule has 0 fully saturated rings. The molecule has 0 saturated carbocycles. The van der Waals surface area contributed by atoms with E-state index in [0.717, 1.165) is 0 Å². The summed E-state index contributed by atoms with van der Waals surface area (Å²) in [7, 11) is 0. The predicted molar refractivity (Wildman–Crippen MR) is 103 cm³/mol. The number of hydrogen-bond acceptors (Lipinski definition) is 4. The van der Waals surface area contributed by atoms with Crippen LogP contribution in [-0.4, -0.2) is 16.9 Å². The van der Waals surface area contributed by atoms with Crippen LogP contribution in [0, 0.1) is 5.82 Å². The molecule has 0 atom stereocenters. The standard InChI is InChI=1S/C19H14FN3O3S/c20-15-5-2-1-4-14(15)17(24)23-19(27)22-13-9-7-12(8-10-13)21-18(25)16-6-3-11-26-16/h1-11H,(H,21,25)(H2,22,23,24,27). The first kappa shape index (κ1) is 18.3. The molecule has 0 saturated heterocycles. The minimum Gasteiger partial charge on any atom is -0.459 e. The number of anilines is 2. The number of furan rings is 1. The van der Waals surface area contributed by atoms with Crippen LogP contribution in [0.25, 0.3) is 0 Å². The van der Waals surface area contributed by atoms with Crippen molar-refractivity contribution in [2.24, 2.45) is 0 Å². The average molecular weight is 383 g/mol. The molecule has 0 bridgehead atoms. The summed E-state index contributed by atoms with van der Waals surface area (Å²) in [4.78, 5) is 23.9. The number of rotatable bonds is 4. The van der Waals surface area contributed by atoms with Gasteiger partial charge in [0.15, 0.2) is 10.9 Å². The van der Waals surface area contributed by atoms with Crippen LogP contribution in [0.2, 0.25) is 0 Å². The van der Waals surface area contributed by atoms with Crippen molar-refractivity contribution < 1.29 is 18.4 Å². The molecular formula is C19H14FN3O3S. The molecule has 0 spiro atoms. The lowest BCUT2D eigenvalue weighted by molar-refractivity contribution is 0.0971. The fourth-order valence-electron chi connectivity index (χ4n) is 2.22. The minimum atomic E-state index is -0.645. The fraction of sp³-hybridized carbons (Fsp3) is 0. The Morgan fingerprint density at radius 1 is 0.852 bits per heavy atom. The van der Waals surface area contributed by atoms with Crippen LogP contribution in [0.5, 0.6) is 0 Å². The van der Waals surface area contributed by atoms with Gasteiger partial charge in [-0.3, -0.25) is 14.9 Å². The molecule has 3 N–H and O–H groups in total. The molecule has 3 rings (SSSR count). The summed E-state index contributed by atoms with van der Waals surface area (Å²) in [5.74, 6) is -1.44. The van der Waals surface area contributed by atoms with E-state index >= 15 is 0 Å². The Morgan fingerprint density at radius 3 is 2.15 bits per heavy atom. The molecule has 3 aromatic rings. The van der Waals surface area contributed by atoms with Crippen molar-refractivity contribution in [1.82, 2.24) is 5.32 Å². The lowest BCUT2D eigenvalue weighted by atomic mass is 10.2. The topological polar surface area (TPSA) is 83.4 Å². The third-order valence-electron chi connectivity index (χ3n) is 3.49. The smallest absolute Gasteiger partial charge is 0.291 e. The summed E-state index contributed by atoms with van der Waals surface area (Å²) in [6.07, 6.45) is 1.42. The highest BCUT2D eigenvalue weighted by Crippen LogP contribution is 2.15. The number of benzene rings is 2. The van der Waals surface area contributed by atoms with Gasteiger partial charge in [0.2, 0.25) is 0 Å². The Hall–Kier alpha value is -3.52. The van der Waals surface area contributed by atoms with Gasteiger partial charge in [-0.05, 0) is 60.7 Å². The van der Waals surface area contributed by atoms with Gasteiger partial charge >= 0.3 is 0 Å². The molecule has 136 valence electrons. The summed E-state index contributed by atoms with van der Waals surface area (Å²) in [6, 6.07) is 15.4. The molecule has 0 unspecified atom stereocenters. The maximum absolute atomic E-state index is 13.6. The van der Waals surface area contributed by atoms with Gasteiger partial charge in [-0.25, -0.2) is 4.39 Å². The van der Waals surface area contributed by atoms with Crippen LogP contribution in [0.4, 0.5) is 15.8 Å². The van der Waals surface area contributed by atoms with Crippen LogP contribution in [0.3, 0.4) is 0 Å². The van der Waals surface area contributed by atoms with Gasteiger partial charge in [0, 0.05) is 11.4 Å². The second kappa shape index (κ2) is 8.24. The summed E-state index contributed by atoms with van der Waals surface area (Å²) in [5.41, 5.74) is 1.05. The molecule has 1 heterocycles. The SMILES string of the molecule is O=C(Nc1ccc(NC(=S)NC(=O)c2ccccc2F)cc1)c1ccco1. The van der Waals surface area contributed by atoms with Crippen LogP contribution >= 0.6 is 12.2 Å². The molecule has 0 aliphatic carbocycles. The molecule has 0 radical (unpaired) electrons. The zero-order valence-corrected chi connectivity index (χ0v) is 14.7. The highest BCUT2D eigenvalue weighted by molar-refractivity contribution is 7.80. The average Bonchev–Trinajstić information content (AvgIpc) is 3.18. The van der Waals surface area contributed by atoms with Gasteiger partial charge in [0.05, 0.1) is 11.8 Å². The first-order valence-electron chi connectivity index (χ1n) is 7.85. The second-order valence-electron chi connectivity index (χ2n) is 5.40. The zero-order chi connectivity index (χ0) is 19.2. The fourth-order valence-corrected chi connectivity index (χ4v) is 2.43. The normalized spacial score (nSPS) is 10.1. The molecular weight excluding hydrogens is 369 g/mol. The van der Waals surface area contributed by atoms with Gasteiger partial charge in [0.1, 0.15) is 5.82 Å². The van der Waals surface area contributed by atoms with Crippen molar-refractivity contribution in [2.45, 2.75) is 0 Å². The summed E-state index contributed by atoms with van der Waals surface area (Å²) in [6.45, 7) is 0. The Bertz CT molecular complexity index is 972. The molecule has 8 heteroatoms. The van der Waals surface area contributed by atoms with E-state index in [0.29, 0.717) is 11.4 Å². The van der Waals surface area contributed by atoms with E-state index in [4.69, 9.17) is 16.6 Å². The van der Waals surface area contributed by atoms with Crippen molar-refractivity contribution in [3.8, 4) is 0 Å². The van der Waals surface area contributed by atoms with E-state index in [9.17, 15) is 14.0 Å². The van der Waals surface area contributed by atoms with Crippen LogP contribution in [0.1, 0.15) is 20.9 Å². The van der Waals surface area contributed by atoms with Crippen molar-refractivity contribution in [3.05, 3.63) is 84.1 Å². The monoisotopic (exact) mass is 383 g/mol. The Morgan fingerprint density at radius 2 is 1.52 bits per heavy atom. The van der Waals surface area contributed by atoms with E-state index in [1.807, 2.05) is 0 Å². The first-order chi connectivity index (χ1) is 13.0. The number of carbonyl (C=O) groups excluding carboxylic acids is 2. The quantitative estimate of drug-likeness (QED) is 0.597. The number of amides is 2. The van der Waals surface area contributed by atoms with Gasteiger partial charge < -0.3 is 15.1 Å². The third-order valence-corrected chi connectivity index (χ3v) is 3.70. The summed E-state index contributed by atoms with van der Waals surface area (Å²) in [5, 5.41) is 7.93. The minimum absolute atomic E-state index is 0.0237. The lowest BCUT2D eigenvalue weighted by Crippen LogP contribution is -2.34. The molecule has 6 nitrogen and oxygen atoms in total.